The Kier molecular flexibility index (Phi) is 5.23. The first-order valence-corrected chi connectivity index (χ1v) is 11.1. The van der Waals surface area contributed by atoms with Gasteiger partial charge in [0, 0.05) is 23.3 Å². The lowest BCUT2D eigenvalue weighted by atomic mass is 10.1. The van der Waals surface area contributed by atoms with E-state index in [4.69, 9.17) is 4.74 Å². The quantitative estimate of drug-likeness (QED) is 0.695. The Balaban J connectivity index is 1.36. The highest BCUT2D eigenvalue weighted by Crippen LogP contribution is 2.40. The number of para-hydroxylation sites is 1. The minimum Gasteiger partial charge on any atom is -0.456 e. The predicted octanol–water partition coefficient (Wildman–Crippen LogP) is 2.18. The minimum atomic E-state index is -3.22. The Morgan fingerprint density at radius 1 is 1.21 bits per heavy atom. The maximum Gasteiger partial charge on any atom is 0.306 e. The fourth-order valence-electron chi connectivity index (χ4n) is 3.20. The average Bonchev–Trinajstić information content (AvgIpc) is 3.37. The van der Waals surface area contributed by atoms with Crippen LogP contribution in [-0.2, 0) is 24.2 Å². The van der Waals surface area contributed by atoms with Gasteiger partial charge in [-0.1, -0.05) is 24.3 Å². The number of carbonyl (C=O) groups is 2. The van der Waals surface area contributed by atoms with Crippen molar-refractivity contribution < 1.29 is 22.7 Å². The van der Waals surface area contributed by atoms with Crippen LogP contribution in [0.15, 0.2) is 47.9 Å². The van der Waals surface area contributed by atoms with Crippen LogP contribution in [0.1, 0.15) is 30.9 Å². The number of esters is 1. The van der Waals surface area contributed by atoms with Crippen molar-refractivity contribution in [2.45, 2.75) is 25.2 Å². The first-order chi connectivity index (χ1) is 13.9. The highest BCUT2D eigenvalue weighted by atomic mass is 32.2. The van der Waals surface area contributed by atoms with Gasteiger partial charge in [-0.05, 0) is 25.0 Å². The zero-order valence-electron chi connectivity index (χ0n) is 15.7. The van der Waals surface area contributed by atoms with E-state index in [1.54, 1.807) is 4.68 Å². The molecule has 0 saturated heterocycles. The Labute approximate surface area is 168 Å². The summed E-state index contributed by atoms with van der Waals surface area (Å²) in [6.45, 7) is -0.444. The topological polar surface area (TPSA) is 107 Å². The number of ether oxygens (including phenoxy) is 1. The molecular formula is C20H21N3O5S. The number of rotatable bonds is 7. The standard InChI is InChI=1S/C20H21N3O5S/c24-19(12-28-20(25)10-14-8-9-29(26,27)13-14)21-18-11-17(15-6-7-15)22-23(18)16-4-2-1-3-5-16/h1-5,8-9,11,14-15H,6-7,10,12-13H2,(H,21,24). The molecule has 1 aliphatic heterocycles. The molecule has 9 heteroatoms. The summed E-state index contributed by atoms with van der Waals surface area (Å²) < 4.78 is 29.4. The van der Waals surface area contributed by atoms with Crippen molar-refractivity contribution in [1.29, 1.82) is 0 Å². The van der Waals surface area contributed by atoms with E-state index in [1.165, 1.54) is 6.08 Å². The average molecular weight is 415 g/mol. The van der Waals surface area contributed by atoms with Crippen molar-refractivity contribution in [3.8, 4) is 5.69 Å². The van der Waals surface area contributed by atoms with E-state index >= 15 is 0 Å². The van der Waals surface area contributed by atoms with Crippen LogP contribution in [0.5, 0.6) is 0 Å². The maximum absolute atomic E-state index is 12.3. The third kappa shape index (κ3) is 4.92. The fourth-order valence-corrected chi connectivity index (χ4v) is 4.60. The summed E-state index contributed by atoms with van der Waals surface area (Å²) in [5.74, 6) is -0.659. The van der Waals surface area contributed by atoms with Crippen molar-refractivity contribution in [2.75, 3.05) is 17.7 Å². The molecule has 2 aliphatic rings. The summed E-state index contributed by atoms with van der Waals surface area (Å²) >= 11 is 0. The second-order valence-electron chi connectivity index (χ2n) is 7.31. The largest absolute Gasteiger partial charge is 0.456 e. The van der Waals surface area contributed by atoms with Gasteiger partial charge >= 0.3 is 5.97 Å². The van der Waals surface area contributed by atoms with Gasteiger partial charge in [-0.15, -0.1) is 0 Å². The number of carbonyl (C=O) groups excluding carboxylic acids is 2. The Hall–Kier alpha value is -2.94. The molecule has 0 spiro atoms. The van der Waals surface area contributed by atoms with Gasteiger partial charge in [0.05, 0.1) is 23.6 Å². The number of aromatic nitrogens is 2. The highest BCUT2D eigenvalue weighted by Gasteiger charge is 2.28. The number of hydrogen-bond acceptors (Lipinski definition) is 6. The van der Waals surface area contributed by atoms with Gasteiger partial charge in [0.15, 0.2) is 16.4 Å². The number of amides is 1. The van der Waals surface area contributed by atoms with Crippen molar-refractivity contribution in [3.63, 3.8) is 0 Å². The van der Waals surface area contributed by atoms with Crippen LogP contribution < -0.4 is 5.32 Å². The molecule has 1 fully saturated rings. The number of hydrogen-bond donors (Lipinski definition) is 1. The molecule has 1 N–H and O–H groups in total. The Morgan fingerprint density at radius 3 is 2.62 bits per heavy atom. The molecule has 2 heterocycles. The molecule has 1 atom stereocenters. The van der Waals surface area contributed by atoms with Crippen LogP contribution in [-0.4, -0.2) is 42.4 Å². The molecule has 1 amide bonds. The number of sulfone groups is 1. The summed E-state index contributed by atoms with van der Waals surface area (Å²) in [4.78, 5) is 24.2. The Bertz CT molecular complexity index is 1060. The molecule has 1 saturated carbocycles. The SMILES string of the molecule is O=C(COC(=O)CC1C=CS(=O)(=O)C1)Nc1cc(C2CC2)nn1-c1ccccc1. The molecule has 152 valence electrons. The maximum atomic E-state index is 12.3. The molecule has 1 aromatic carbocycles. The minimum absolute atomic E-state index is 0.0726. The van der Waals surface area contributed by atoms with Crippen LogP contribution in [0, 0.1) is 5.92 Å². The molecule has 1 unspecified atom stereocenters. The van der Waals surface area contributed by atoms with Crippen LogP contribution in [0.4, 0.5) is 5.82 Å². The Morgan fingerprint density at radius 2 is 1.97 bits per heavy atom. The lowest BCUT2D eigenvalue weighted by Gasteiger charge is -2.10. The highest BCUT2D eigenvalue weighted by molar-refractivity contribution is 7.94. The predicted molar refractivity (Wildman–Crippen MR) is 106 cm³/mol. The molecule has 1 aliphatic carbocycles. The lowest BCUT2D eigenvalue weighted by Crippen LogP contribution is -2.23. The normalized spacial score (nSPS) is 19.8. The number of allylic oxidation sites excluding steroid dienone is 1. The summed E-state index contributed by atoms with van der Waals surface area (Å²) in [6, 6.07) is 11.3. The third-order valence-corrected chi connectivity index (χ3v) is 6.25. The smallest absolute Gasteiger partial charge is 0.306 e. The van der Waals surface area contributed by atoms with Gasteiger partial charge in [-0.25, -0.2) is 13.1 Å². The first kappa shape index (κ1) is 19.4. The van der Waals surface area contributed by atoms with Crippen molar-refractivity contribution >= 4 is 27.5 Å². The van der Waals surface area contributed by atoms with Crippen LogP contribution in [0.2, 0.25) is 0 Å². The van der Waals surface area contributed by atoms with E-state index in [2.05, 4.69) is 10.4 Å². The fraction of sp³-hybridized carbons (Fsp3) is 0.350. The monoisotopic (exact) mass is 415 g/mol. The molecule has 0 radical (unpaired) electrons. The van der Waals surface area contributed by atoms with E-state index in [9.17, 15) is 18.0 Å². The molecule has 29 heavy (non-hydrogen) atoms. The van der Waals surface area contributed by atoms with Gasteiger partial charge in [-0.3, -0.25) is 9.59 Å². The van der Waals surface area contributed by atoms with Crippen LogP contribution in [0.25, 0.3) is 5.69 Å². The van der Waals surface area contributed by atoms with E-state index in [0.29, 0.717) is 11.7 Å². The van der Waals surface area contributed by atoms with Crippen molar-refractivity contribution in [2.24, 2.45) is 5.92 Å². The summed E-state index contributed by atoms with van der Waals surface area (Å²) in [5.41, 5.74) is 1.75. The number of nitrogens with zero attached hydrogens (tertiary/aromatic N) is 2. The number of anilines is 1. The van der Waals surface area contributed by atoms with Crippen molar-refractivity contribution in [1.82, 2.24) is 9.78 Å². The second kappa shape index (κ2) is 7.82. The molecule has 1 aromatic heterocycles. The van der Waals surface area contributed by atoms with Gasteiger partial charge in [0.2, 0.25) is 0 Å². The first-order valence-electron chi connectivity index (χ1n) is 9.41. The van der Waals surface area contributed by atoms with Crippen LogP contribution in [0.3, 0.4) is 0 Å². The van der Waals surface area contributed by atoms with Gasteiger partial charge in [0.25, 0.3) is 5.91 Å². The molecule has 2 aromatic rings. The molecule has 4 rings (SSSR count). The van der Waals surface area contributed by atoms with E-state index in [0.717, 1.165) is 29.6 Å². The van der Waals surface area contributed by atoms with Gasteiger partial charge in [0.1, 0.15) is 5.82 Å². The number of benzene rings is 1. The van der Waals surface area contributed by atoms with Crippen molar-refractivity contribution in [3.05, 3.63) is 53.6 Å². The zero-order valence-corrected chi connectivity index (χ0v) is 16.5. The zero-order chi connectivity index (χ0) is 20.4. The molecular weight excluding hydrogens is 394 g/mol. The summed E-state index contributed by atoms with van der Waals surface area (Å²) in [5, 5.41) is 8.46. The van der Waals surface area contributed by atoms with E-state index in [1.807, 2.05) is 36.4 Å². The second-order valence-corrected chi connectivity index (χ2v) is 9.24. The number of nitrogens with one attached hydrogen (secondary N) is 1. The van der Waals surface area contributed by atoms with Gasteiger partial charge < -0.3 is 10.1 Å². The third-order valence-electron chi connectivity index (χ3n) is 4.79. The summed E-state index contributed by atoms with van der Waals surface area (Å²) in [6.07, 6.45) is 3.58. The summed E-state index contributed by atoms with van der Waals surface area (Å²) in [7, 11) is -3.22. The molecule has 8 nitrogen and oxygen atoms in total. The van der Waals surface area contributed by atoms with E-state index < -0.39 is 34.2 Å². The van der Waals surface area contributed by atoms with Crippen LogP contribution >= 0.6 is 0 Å². The van der Waals surface area contributed by atoms with E-state index in [-0.39, 0.29) is 12.2 Å². The lowest BCUT2D eigenvalue weighted by molar-refractivity contribution is -0.147. The van der Waals surface area contributed by atoms with Gasteiger partial charge in [-0.2, -0.15) is 5.10 Å². The molecule has 0 bridgehead atoms.